The lowest BCUT2D eigenvalue weighted by Gasteiger charge is -2.10. The summed E-state index contributed by atoms with van der Waals surface area (Å²) in [5, 5.41) is 17.6. The lowest BCUT2D eigenvalue weighted by Crippen LogP contribution is -2.05. The van der Waals surface area contributed by atoms with Gasteiger partial charge < -0.3 is 5.11 Å². The Morgan fingerprint density at radius 2 is 2.36 bits per heavy atom. The number of aliphatic hydroxyl groups is 1. The highest BCUT2D eigenvalue weighted by Crippen LogP contribution is 2.18. The molecule has 14 heavy (non-hydrogen) atoms. The molecule has 0 aromatic carbocycles. The summed E-state index contributed by atoms with van der Waals surface area (Å²) >= 11 is 0. The average molecular weight is 191 g/mol. The molecule has 0 fully saturated rings. The molecular formula is C10H13N3O. The molecule has 0 aliphatic heterocycles. The van der Waals surface area contributed by atoms with E-state index in [9.17, 15) is 5.11 Å². The van der Waals surface area contributed by atoms with Crippen LogP contribution in [0.5, 0.6) is 0 Å². The summed E-state index contributed by atoms with van der Waals surface area (Å²) in [4.78, 5) is 0. The van der Waals surface area contributed by atoms with E-state index in [-0.39, 0.29) is 0 Å². The Morgan fingerprint density at radius 1 is 1.50 bits per heavy atom. The Hall–Kier alpha value is -1.42. The first-order valence-corrected chi connectivity index (χ1v) is 4.80. The first kappa shape index (κ1) is 9.15. The van der Waals surface area contributed by atoms with E-state index >= 15 is 0 Å². The van der Waals surface area contributed by atoms with Crippen molar-refractivity contribution in [1.82, 2.24) is 14.8 Å². The molecule has 2 aromatic rings. The minimum absolute atomic E-state index is 0.453. The number of hydrogen-bond donors (Lipinski definition) is 1. The highest BCUT2D eigenvalue weighted by molar-refractivity contribution is 5.44. The number of fused-ring (bicyclic) bond motifs is 1. The van der Waals surface area contributed by atoms with Gasteiger partial charge in [0.05, 0.1) is 23.5 Å². The first-order chi connectivity index (χ1) is 6.83. The van der Waals surface area contributed by atoms with Gasteiger partial charge in [-0.25, -0.2) is 4.52 Å². The van der Waals surface area contributed by atoms with Crippen molar-refractivity contribution in [2.24, 2.45) is 0 Å². The minimum Gasteiger partial charge on any atom is -0.387 e. The molecule has 74 valence electrons. The summed E-state index contributed by atoms with van der Waals surface area (Å²) in [5.74, 6) is 0. The van der Waals surface area contributed by atoms with Gasteiger partial charge in [0.25, 0.3) is 0 Å². The highest BCUT2D eigenvalue weighted by Gasteiger charge is 2.10. The molecule has 0 amide bonds. The van der Waals surface area contributed by atoms with Gasteiger partial charge >= 0.3 is 0 Å². The van der Waals surface area contributed by atoms with Gasteiger partial charge in [-0.3, -0.25) is 0 Å². The summed E-state index contributed by atoms with van der Waals surface area (Å²) in [7, 11) is 0. The fourth-order valence-corrected chi connectivity index (χ4v) is 1.55. The second-order valence-corrected chi connectivity index (χ2v) is 3.33. The van der Waals surface area contributed by atoms with Gasteiger partial charge in [-0.15, -0.1) is 5.10 Å². The standard InChI is InChI=1S/C10H13N3O/c1-2-4-10(14)9-6-3-5-8-7-11-12-13(8)9/h3,5-7,10,14H,2,4H2,1H3/t10-/m0/s1. The maximum Gasteiger partial charge on any atom is 0.0961 e. The van der Waals surface area contributed by atoms with E-state index in [1.54, 1.807) is 10.7 Å². The van der Waals surface area contributed by atoms with Crippen LogP contribution in [0.4, 0.5) is 0 Å². The summed E-state index contributed by atoms with van der Waals surface area (Å²) < 4.78 is 1.68. The maximum absolute atomic E-state index is 9.85. The van der Waals surface area contributed by atoms with E-state index < -0.39 is 6.10 Å². The molecule has 0 aliphatic rings. The first-order valence-electron chi connectivity index (χ1n) is 4.80. The lowest BCUT2D eigenvalue weighted by molar-refractivity contribution is 0.159. The van der Waals surface area contributed by atoms with Crippen LogP contribution in [-0.4, -0.2) is 19.9 Å². The molecule has 4 nitrogen and oxygen atoms in total. The molecule has 0 spiro atoms. The Balaban J connectivity index is 2.45. The van der Waals surface area contributed by atoms with E-state index in [4.69, 9.17) is 0 Å². The van der Waals surface area contributed by atoms with Crippen LogP contribution in [0, 0.1) is 0 Å². The van der Waals surface area contributed by atoms with Gasteiger partial charge in [0.1, 0.15) is 0 Å². The lowest BCUT2D eigenvalue weighted by atomic mass is 10.1. The smallest absolute Gasteiger partial charge is 0.0961 e. The monoisotopic (exact) mass is 191 g/mol. The van der Waals surface area contributed by atoms with Crippen molar-refractivity contribution >= 4 is 5.52 Å². The van der Waals surface area contributed by atoms with Gasteiger partial charge in [0, 0.05) is 0 Å². The minimum atomic E-state index is -0.453. The predicted molar refractivity (Wildman–Crippen MR) is 52.9 cm³/mol. The third-order valence-corrected chi connectivity index (χ3v) is 2.26. The van der Waals surface area contributed by atoms with Crippen LogP contribution in [0.15, 0.2) is 24.4 Å². The number of pyridine rings is 1. The molecule has 1 atom stereocenters. The molecule has 2 rings (SSSR count). The van der Waals surface area contributed by atoms with Gasteiger partial charge in [-0.1, -0.05) is 24.6 Å². The summed E-state index contributed by atoms with van der Waals surface area (Å²) in [6.45, 7) is 2.05. The van der Waals surface area contributed by atoms with Crippen molar-refractivity contribution in [3.05, 3.63) is 30.1 Å². The van der Waals surface area contributed by atoms with Gasteiger partial charge in [-0.05, 0) is 18.6 Å². The maximum atomic E-state index is 9.85. The quantitative estimate of drug-likeness (QED) is 0.801. The third-order valence-electron chi connectivity index (χ3n) is 2.26. The number of hydrogen-bond acceptors (Lipinski definition) is 3. The summed E-state index contributed by atoms with van der Waals surface area (Å²) in [6, 6.07) is 5.71. The number of nitrogens with zero attached hydrogens (tertiary/aromatic N) is 3. The SMILES string of the molecule is CCC[C@H](O)c1cccc2cnnn12. The van der Waals surface area contributed by atoms with Crippen molar-refractivity contribution in [2.45, 2.75) is 25.9 Å². The zero-order valence-electron chi connectivity index (χ0n) is 8.09. The van der Waals surface area contributed by atoms with Crippen molar-refractivity contribution in [3.63, 3.8) is 0 Å². The normalized spacial score (nSPS) is 13.3. The van der Waals surface area contributed by atoms with Crippen LogP contribution in [0.25, 0.3) is 5.52 Å². The van der Waals surface area contributed by atoms with Crippen molar-refractivity contribution < 1.29 is 5.11 Å². The molecular weight excluding hydrogens is 178 g/mol. The van der Waals surface area contributed by atoms with Crippen LogP contribution < -0.4 is 0 Å². The van der Waals surface area contributed by atoms with Crippen LogP contribution in [-0.2, 0) is 0 Å². The number of rotatable bonds is 3. The van der Waals surface area contributed by atoms with Gasteiger partial charge in [-0.2, -0.15) is 0 Å². The van der Waals surface area contributed by atoms with E-state index in [1.807, 2.05) is 25.1 Å². The Labute approximate surface area is 82.2 Å². The number of aromatic nitrogens is 3. The topological polar surface area (TPSA) is 50.4 Å². The molecule has 0 saturated heterocycles. The number of aliphatic hydroxyl groups excluding tert-OH is 1. The van der Waals surface area contributed by atoms with E-state index in [0.717, 1.165) is 24.1 Å². The second kappa shape index (κ2) is 3.75. The molecule has 0 unspecified atom stereocenters. The van der Waals surface area contributed by atoms with Crippen LogP contribution in [0.1, 0.15) is 31.6 Å². The zero-order valence-corrected chi connectivity index (χ0v) is 8.09. The molecule has 0 saturated carbocycles. The molecule has 4 heteroatoms. The van der Waals surface area contributed by atoms with Crippen molar-refractivity contribution in [3.8, 4) is 0 Å². The van der Waals surface area contributed by atoms with Gasteiger partial charge in [0.2, 0.25) is 0 Å². The Morgan fingerprint density at radius 3 is 3.14 bits per heavy atom. The fraction of sp³-hybridized carbons (Fsp3) is 0.400. The molecule has 2 heterocycles. The third kappa shape index (κ3) is 1.48. The molecule has 0 radical (unpaired) electrons. The summed E-state index contributed by atoms with van der Waals surface area (Å²) in [5.41, 5.74) is 1.72. The largest absolute Gasteiger partial charge is 0.387 e. The second-order valence-electron chi connectivity index (χ2n) is 3.33. The fourth-order valence-electron chi connectivity index (χ4n) is 1.55. The highest BCUT2D eigenvalue weighted by atomic mass is 16.3. The van der Waals surface area contributed by atoms with E-state index in [2.05, 4.69) is 10.3 Å². The van der Waals surface area contributed by atoms with Crippen molar-refractivity contribution in [2.75, 3.05) is 0 Å². The van der Waals surface area contributed by atoms with Gasteiger partial charge in [0.15, 0.2) is 0 Å². The Bertz CT molecular complexity index is 424. The predicted octanol–water partition coefficient (Wildman–Crippen LogP) is 1.56. The molecule has 2 aromatic heterocycles. The zero-order chi connectivity index (χ0) is 9.97. The van der Waals surface area contributed by atoms with Crippen molar-refractivity contribution in [1.29, 1.82) is 0 Å². The van der Waals surface area contributed by atoms with E-state index in [1.165, 1.54) is 0 Å². The van der Waals surface area contributed by atoms with Crippen LogP contribution >= 0.6 is 0 Å². The molecule has 0 bridgehead atoms. The molecule has 0 aliphatic carbocycles. The average Bonchev–Trinajstić information content (AvgIpc) is 2.65. The van der Waals surface area contributed by atoms with Crippen LogP contribution in [0.2, 0.25) is 0 Å². The van der Waals surface area contributed by atoms with Crippen LogP contribution in [0.3, 0.4) is 0 Å². The van der Waals surface area contributed by atoms with E-state index in [0.29, 0.717) is 0 Å². The summed E-state index contributed by atoms with van der Waals surface area (Å²) in [6.07, 6.45) is 2.93. The Kier molecular flexibility index (Phi) is 2.45. The molecule has 1 N–H and O–H groups in total.